The second-order valence-electron chi connectivity index (χ2n) is 3.45. The van der Waals surface area contributed by atoms with E-state index in [4.69, 9.17) is 10.8 Å². The second-order valence-corrected chi connectivity index (χ2v) is 3.45. The summed E-state index contributed by atoms with van der Waals surface area (Å²) in [5, 5.41) is 9.17. The van der Waals surface area contributed by atoms with Crippen LogP contribution < -0.4 is 5.73 Å². The molecule has 0 aliphatic heterocycles. The Morgan fingerprint density at radius 3 is 1.65 bits per heavy atom. The molecule has 2 aromatic carbocycles. The highest BCUT2D eigenvalue weighted by Gasteiger charge is 1.97. The first-order valence-electron chi connectivity index (χ1n) is 5.88. The smallest absolute Gasteiger partial charge is 0.115 e. The van der Waals surface area contributed by atoms with Crippen LogP contribution in [0.15, 0.2) is 48.5 Å². The van der Waals surface area contributed by atoms with Gasteiger partial charge in [-0.3, -0.25) is 0 Å². The van der Waals surface area contributed by atoms with Gasteiger partial charge in [-0.25, -0.2) is 0 Å². The van der Waals surface area contributed by atoms with Crippen LogP contribution in [0.3, 0.4) is 0 Å². The van der Waals surface area contributed by atoms with Gasteiger partial charge in [0.05, 0.1) is 0 Å². The molecule has 0 fully saturated rings. The summed E-state index contributed by atoms with van der Waals surface area (Å²) in [5.41, 5.74) is 8.87. The summed E-state index contributed by atoms with van der Waals surface area (Å²) >= 11 is 0. The summed E-state index contributed by atoms with van der Waals surface area (Å²) in [4.78, 5) is 0. The van der Waals surface area contributed by atoms with Gasteiger partial charge in [-0.2, -0.15) is 0 Å². The molecule has 0 unspecified atom stereocenters. The van der Waals surface area contributed by atoms with Crippen molar-refractivity contribution in [2.75, 3.05) is 0 Å². The lowest BCUT2D eigenvalue weighted by molar-refractivity contribution is 0.475. The van der Waals surface area contributed by atoms with E-state index in [-0.39, 0.29) is 5.75 Å². The summed E-state index contributed by atoms with van der Waals surface area (Å²) in [6.07, 6.45) is 0. The highest BCUT2D eigenvalue weighted by atomic mass is 16.3. The van der Waals surface area contributed by atoms with Crippen molar-refractivity contribution < 1.29 is 5.11 Å². The third kappa shape index (κ3) is 3.61. The van der Waals surface area contributed by atoms with Gasteiger partial charge in [0.25, 0.3) is 0 Å². The lowest BCUT2D eigenvalue weighted by Crippen LogP contribution is -1.95. The molecule has 17 heavy (non-hydrogen) atoms. The number of phenolic OH excluding ortho intramolecular Hbond substituents is 1. The molecule has 0 saturated heterocycles. The third-order valence-electron chi connectivity index (χ3n) is 2.39. The first kappa shape index (κ1) is 13.3. The molecular formula is C15H19NO. The zero-order chi connectivity index (χ0) is 12.7. The lowest BCUT2D eigenvalue weighted by atomic mass is 10.0. The average Bonchev–Trinajstić information content (AvgIpc) is 2.42. The minimum Gasteiger partial charge on any atom is -0.508 e. The average molecular weight is 229 g/mol. The summed E-state index contributed by atoms with van der Waals surface area (Å²) < 4.78 is 0. The molecule has 0 bridgehead atoms. The molecule has 0 aliphatic rings. The fourth-order valence-electron chi connectivity index (χ4n) is 1.49. The molecule has 2 heteroatoms. The molecule has 90 valence electrons. The van der Waals surface area contributed by atoms with E-state index in [1.54, 1.807) is 12.1 Å². The molecule has 0 amide bonds. The number of nitrogens with two attached hydrogens (primary N) is 1. The standard InChI is InChI=1S/C13H13NO.C2H6/c14-9-10-1-3-11(4-2-10)12-5-7-13(15)8-6-12;1-2/h1-8,15H,9,14H2;1-2H3. The Hall–Kier alpha value is -1.80. The number of aromatic hydroxyl groups is 1. The molecule has 0 heterocycles. The van der Waals surface area contributed by atoms with Crippen LogP contribution in [0.5, 0.6) is 5.75 Å². The summed E-state index contributed by atoms with van der Waals surface area (Å²) in [5.74, 6) is 0.289. The monoisotopic (exact) mass is 229 g/mol. The van der Waals surface area contributed by atoms with E-state index in [2.05, 4.69) is 0 Å². The van der Waals surface area contributed by atoms with Gasteiger partial charge in [-0.1, -0.05) is 50.2 Å². The molecule has 2 rings (SSSR count). The summed E-state index contributed by atoms with van der Waals surface area (Å²) in [6.45, 7) is 4.57. The zero-order valence-corrected chi connectivity index (χ0v) is 10.4. The fourth-order valence-corrected chi connectivity index (χ4v) is 1.49. The van der Waals surface area contributed by atoms with Gasteiger partial charge in [-0.15, -0.1) is 0 Å². The van der Waals surface area contributed by atoms with Gasteiger partial charge in [0.2, 0.25) is 0 Å². The van der Waals surface area contributed by atoms with E-state index >= 15 is 0 Å². The van der Waals surface area contributed by atoms with Crippen molar-refractivity contribution in [1.82, 2.24) is 0 Å². The quantitative estimate of drug-likeness (QED) is 0.827. The van der Waals surface area contributed by atoms with Crippen LogP contribution in [-0.4, -0.2) is 5.11 Å². The highest BCUT2D eigenvalue weighted by Crippen LogP contribution is 2.21. The highest BCUT2D eigenvalue weighted by molar-refractivity contribution is 5.64. The van der Waals surface area contributed by atoms with E-state index in [9.17, 15) is 0 Å². The van der Waals surface area contributed by atoms with E-state index in [1.165, 1.54) is 0 Å². The van der Waals surface area contributed by atoms with Crippen molar-refractivity contribution in [2.45, 2.75) is 20.4 Å². The Morgan fingerprint density at radius 1 is 0.824 bits per heavy atom. The minimum atomic E-state index is 0.289. The first-order chi connectivity index (χ1) is 8.29. The Balaban J connectivity index is 0.000000686. The third-order valence-corrected chi connectivity index (χ3v) is 2.39. The van der Waals surface area contributed by atoms with Crippen LogP contribution in [0.1, 0.15) is 19.4 Å². The largest absolute Gasteiger partial charge is 0.508 e. The van der Waals surface area contributed by atoms with Gasteiger partial charge in [-0.05, 0) is 28.8 Å². The van der Waals surface area contributed by atoms with Crippen molar-refractivity contribution in [1.29, 1.82) is 0 Å². The molecule has 0 aliphatic carbocycles. The molecule has 2 nitrogen and oxygen atoms in total. The second kappa shape index (κ2) is 6.71. The molecule has 0 radical (unpaired) electrons. The van der Waals surface area contributed by atoms with E-state index in [1.807, 2.05) is 50.2 Å². The van der Waals surface area contributed by atoms with E-state index in [0.29, 0.717) is 6.54 Å². The SMILES string of the molecule is CC.NCc1ccc(-c2ccc(O)cc2)cc1. The van der Waals surface area contributed by atoms with Gasteiger partial charge in [0.1, 0.15) is 5.75 Å². The lowest BCUT2D eigenvalue weighted by Gasteiger charge is -2.03. The number of rotatable bonds is 2. The maximum Gasteiger partial charge on any atom is 0.115 e. The number of hydrogen-bond acceptors (Lipinski definition) is 2. The topological polar surface area (TPSA) is 46.2 Å². The molecule has 3 N–H and O–H groups in total. The van der Waals surface area contributed by atoms with Crippen LogP contribution in [0.2, 0.25) is 0 Å². The van der Waals surface area contributed by atoms with Gasteiger partial charge in [0, 0.05) is 6.54 Å². The van der Waals surface area contributed by atoms with Crippen molar-refractivity contribution in [3.63, 3.8) is 0 Å². The van der Waals surface area contributed by atoms with Crippen LogP contribution in [0.25, 0.3) is 11.1 Å². The van der Waals surface area contributed by atoms with Crippen LogP contribution in [0.4, 0.5) is 0 Å². The Labute approximate surface area is 103 Å². The fraction of sp³-hybridized carbons (Fsp3) is 0.200. The van der Waals surface area contributed by atoms with Gasteiger partial charge >= 0.3 is 0 Å². The Kier molecular flexibility index (Phi) is 5.24. The Morgan fingerprint density at radius 2 is 1.24 bits per heavy atom. The van der Waals surface area contributed by atoms with Crippen molar-refractivity contribution in [2.24, 2.45) is 5.73 Å². The first-order valence-corrected chi connectivity index (χ1v) is 5.88. The normalized spacial score (nSPS) is 9.35. The molecule has 2 aromatic rings. The van der Waals surface area contributed by atoms with Gasteiger partial charge in [0.15, 0.2) is 0 Å². The maximum absolute atomic E-state index is 9.17. The molecule has 0 atom stereocenters. The number of phenols is 1. The summed E-state index contributed by atoms with van der Waals surface area (Å²) in [6, 6.07) is 15.3. The van der Waals surface area contributed by atoms with Crippen LogP contribution in [-0.2, 0) is 6.54 Å². The van der Waals surface area contributed by atoms with E-state index in [0.717, 1.165) is 16.7 Å². The predicted octanol–water partition coefficient (Wildman–Crippen LogP) is 3.54. The van der Waals surface area contributed by atoms with Crippen molar-refractivity contribution >= 4 is 0 Å². The maximum atomic E-state index is 9.17. The summed E-state index contributed by atoms with van der Waals surface area (Å²) in [7, 11) is 0. The molecule has 0 spiro atoms. The number of hydrogen-bond donors (Lipinski definition) is 2. The van der Waals surface area contributed by atoms with Crippen LogP contribution in [0, 0.1) is 0 Å². The molecular weight excluding hydrogens is 210 g/mol. The van der Waals surface area contributed by atoms with E-state index < -0.39 is 0 Å². The van der Waals surface area contributed by atoms with Crippen molar-refractivity contribution in [3.8, 4) is 16.9 Å². The molecule has 0 aromatic heterocycles. The minimum absolute atomic E-state index is 0.289. The Bertz CT molecular complexity index is 431. The number of benzene rings is 2. The molecule has 0 saturated carbocycles. The van der Waals surface area contributed by atoms with Gasteiger partial charge < -0.3 is 10.8 Å². The van der Waals surface area contributed by atoms with Crippen molar-refractivity contribution in [3.05, 3.63) is 54.1 Å². The zero-order valence-electron chi connectivity index (χ0n) is 10.4. The predicted molar refractivity (Wildman–Crippen MR) is 72.8 cm³/mol. The van der Waals surface area contributed by atoms with Crippen LogP contribution >= 0.6 is 0 Å².